The van der Waals surface area contributed by atoms with E-state index < -0.39 is 0 Å². The maximum absolute atomic E-state index is 11.8. The van der Waals surface area contributed by atoms with Crippen molar-refractivity contribution < 1.29 is 9.53 Å². The van der Waals surface area contributed by atoms with Gasteiger partial charge in [-0.15, -0.1) is 0 Å². The van der Waals surface area contributed by atoms with Crippen LogP contribution < -0.4 is 10.1 Å². The van der Waals surface area contributed by atoms with Crippen LogP contribution in [0.4, 0.5) is 0 Å². The van der Waals surface area contributed by atoms with E-state index in [2.05, 4.69) is 5.32 Å². The molecule has 1 aliphatic rings. The summed E-state index contributed by atoms with van der Waals surface area (Å²) in [5.74, 6) is 1.52. The third-order valence-corrected chi connectivity index (χ3v) is 3.20. The summed E-state index contributed by atoms with van der Waals surface area (Å²) < 4.78 is 5.33. The van der Waals surface area contributed by atoms with Crippen LogP contribution >= 0.6 is 0 Å². The predicted molar refractivity (Wildman–Crippen MR) is 67.3 cm³/mol. The van der Waals surface area contributed by atoms with Crippen LogP contribution in [0.3, 0.4) is 0 Å². The minimum Gasteiger partial charge on any atom is -0.494 e. The number of nitrogens with one attached hydrogen (secondary N) is 1. The van der Waals surface area contributed by atoms with Crippen LogP contribution in [-0.4, -0.2) is 19.1 Å². The van der Waals surface area contributed by atoms with Gasteiger partial charge in [0.1, 0.15) is 5.75 Å². The van der Waals surface area contributed by atoms with Crippen LogP contribution in [0.25, 0.3) is 0 Å². The first-order valence-corrected chi connectivity index (χ1v) is 6.30. The molecule has 17 heavy (non-hydrogen) atoms. The van der Waals surface area contributed by atoms with Gasteiger partial charge in [0, 0.05) is 12.1 Å². The molecule has 1 aromatic rings. The highest BCUT2D eigenvalue weighted by molar-refractivity contribution is 5.94. The highest BCUT2D eigenvalue weighted by Crippen LogP contribution is 2.25. The zero-order valence-corrected chi connectivity index (χ0v) is 10.2. The Morgan fingerprint density at radius 3 is 2.59 bits per heavy atom. The van der Waals surface area contributed by atoms with Crippen molar-refractivity contribution >= 4 is 5.91 Å². The van der Waals surface area contributed by atoms with Crippen LogP contribution in [0, 0.1) is 5.92 Å². The first-order chi connectivity index (χ1) is 8.29. The standard InChI is InChI=1S/C14H19NO2/c1-2-17-13-8-6-12(7-9-13)14(16)15-10-11-4-3-5-11/h6-9,11H,2-5,10H2,1H3,(H,15,16). The van der Waals surface area contributed by atoms with Crippen molar-refractivity contribution in [1.29, 1.82) is 0 Å². The fourth-order valence-corrected chi connectivity index (χ4v) is 1.91. The molecule has 0 heterocycles. The zero-order valence-electron chi connectivity index (χ0n) is 10.2. The van der Waals surface area contributed by atoms with Crippen molar-refractivity contribution in [2.75, 3.05) is 13.2 Å². The number of carbonyl (C=O) groups is 1. The average Bonchev–Trinajstić information content (AvgIpc) is 2.28. The van der Waals surface area contributed by atoms with Gasteiger partial charge in [0.15, 0.2) is 0 Å². The molecule has 0 aromatic heterocycles. The Labute approximate surface area is 102 Å². The fourth-order valence-electron chi connectivity index (χ4n) is 1.91. The molecule has 1 fully saturated rings. The van der Waals surface area contributed by atoms with E-state index in [4.69, 9.17) is 4.74 Å². The number of amides is 1. The van der Waals surface area contributed by atoms with Crippen molar-refractivity contribution in [3.05, 3.63) is 29.8 Å². The number of rotatable bonds is 5. The van der Waals surface area contributed by atoms with E-state index in [0.717, 1.165) is 12.3 Å². The molecule has 1 amide bonds. The van der Waals surface area contributed by atoms with Gasteiger partial charge in [0.25, 0.3) is 5.91 Å². The molecule has 2 rings (SSSR count). The molecule has 0 unspecified atom stereocenters. The van der Waals surface area contributed by atoms with Crippen molar-refractivity contribution in [2.45, 2.75) is 26.2 Å². The summed E-state index contributed by atoms with van der Waals surface area (Å²) in [4.78, 5) is 11.8. The Morgan fingerprint density at radius 2 is 2.06 bits per heavy atom. The van der Waals surface area contributed by atoms with E-state index in [1.165, 1.54) is 19.3 Å². The largest absolute Gasteiger partial charge is 0.494 e. The lowest BCUT2D eigenvalue weighted by atomic mass is 9.85. The second kappa shape index (κ2) is 5.71. The lowest BCUT2D eigenvalue weighted by Crippen LogP contribution is -2.32. The van der Waals surface area contributed by atoms with Gasteiger partial charge in [0.05, 0.1) is 6.61 Å². The SMILES string of the molecule is CCOc1ccc(C(=O)NCC2CCC2)cc1. The molecular weight excluding hydrogens is 214 g/mol. The summed E-state index contributed by atoms with van der Waals surface area (Å²) in [7, 11) is 0. The lowest BCUT2D eigenvalue weighted by Gasteiger charge is -2.25. The second-order valence-electron chi connectivity index (χ2n) is 4.46. The first kappa shape index (κ1) is 12.0. The van der Waals surface area contributed by atoms with Crippen LogP contribution in [-0.2, 0) is 0 Å². The Hall–Kier alpha value is -1.51. The van der Waals surface area contributed by atoms with E-state index in [1.54, 1.807) is 12.1 Å². The minimum atomic E-state index is 0.0138. The zero-order chi connectivity index (χ0) is 12.1. The molecule has 0 saturated heterocycles. The normalized spacial score (nSPS) is 15.1. The molecule has 0 spiro atoms. The second-order valence-corrected chi connectivity index (χ2v) is 4.46. The quantitative estimate of drug-likeness (QED) is 0.849. The third-order valence-electron chi connectivity index (χ3n) is 3.20. The first-order valence-electron chi connectivity index (χ1n) is 6.30. The van der Waals surface area contributed by atoms with E-state index in [9.17, 15) is 4.79 Å². The van der Waals surface area contributed by atoms with Gasteiger partial charge in [-0.25, -0.2) is 0 Å². The smallest absolute Gasteiger partial charge is 0.251 e. The molecular formula is C14H19NO2. The van der Waals surface area contributed by atoms with Crippen LogP contribution in [0.5, 0.6) is 5.75 Å². The highest BCUT2D eigenvalue weighted by atomic mass is 16.5. The average molecular weight is 233 g/mol. The molecule has 1 saturated carbocycles. The Balaban J connectivity index is 1.84. The topological polar surface area (TPSA) is 38.3 Å². The predicted octanol–water partition coefficient (Wildman–Crippen LogP) is 2.62. The summed E-state index contributed by atoms with van der Waals surface area (Å²) in [6, 6.07) is 7.28. The molecule has 0 bridgehead atoms. The number of hydrogen-bond donors (Lipinski definition) is 1. The number of hydrogen-bond acceptors (Lipinski definition) is 2. The van der Waals surface area contributed by atoms with Gasteiger partial charge in [-0.2, -0.15) is 0 Å². The maximum atomic E-state index is 11.8. The van der Waals surface area contributed by atoms with Gasteiger partial charge < -0.3 is 10.1 Å². The number of carbonyl (C=O) groups excluding carboxylic acids is 1. The molecule has 1 N–H and O–H groups in total. The van der Waals surface area contributed by atoms with Gasteiger partial charge in [-0.05, 0) is 49.9 Å². The lowest BCUT2D eigenvalue weighted by molar-refractivity contribution is 0.0939. The molecule has 0 aliphatic heterocycles. The van der Waals surface area contributed by atoms with E-state index in [0.29, 0.717) is 18.1 Å². The Kier molecular flexibility index (Phi) is 4.02. The summed E-state index contributed by atoms with van der Waals surface area (Å²) in [6.07, 6.45) is 3.82. The molecule has 0 atom stereocenters. The van der Waals surface area contributed by atoms with Gasteiger partial charge in [-0.3, -0.25) is 4.79 Å². The summed E-state index contributed by atoms with van der Waals surface area (Å²) in [6.45, 7) is 3.40. The summed E-state index contributed by atoms with van der Waals surface area (Å²) in [5, 5.41) is 2.97. The van der Waals surface area contributed by atoms with Crippen molar-refractivity contribution in [2.24, 2.45) is 5.92 Å². The monoisotopic (exact) mass is 233 g/mol. The van der Waals surface area contributed by atoms with Crippen molar-refractivity contribution in [3.8, 4) is 5.75 Å². The minimum absolute atomic E-state index is 0.0138. The molecule has 3 nitrogen and oxygen atoms in total. The van der Waals surface area contributed by atoms with Crippen molar-refractivity contribution in [3.63, 3.8) is 0 Å². The fraction of sp³-hybridized carbons (Fsp3) is 0.500. The van der Waals surface area contributed by atoms with Gasteiger partial charge >= 0.3 is 0 Å². The maximum Gasteiger partial charge on any atom is 0.251 e. The van der Waals surface area contributed by atoms with E-state index in [-0.39, 0.29) is 5.91 Å². The molecule has 0 radical (unpaired) electrons. The Morgan fingerprint density at radius 1 is 1.35 bits per heavy atom. The molecule has 1 aliphatic carbocycles. The van der Waals surface area contributed by atoms with Crippen LogP contribution in [0.1, 0.15) is 36.5 Å². The highest BCUT2D eigenvalue weighted by Gasteiger charge is 2.18. The van der Waals surface area contributed by atoms with E-state index in [1.807, 2.05) is 19.1 Å². The van der Waals surface area contributed by atoms with Crippen LogP contribution in [0.2, 0.25) is 0 Å². The number of ether oxygens (including phenoxy) is 1. The molecule has 3 heteroatoms. The number of benzene rings is 1. The van der Waals surface area contributed by atoms with Gasteiger partial charge in [-0.1, -0.05) is 6.42 Å². The van der Waals surface area contributed by atoms with E-state index >= 15 is 0 Å². The van der Waals surface area contributed by atoms with Crippen LogP contribution in [0.15, 0.2) is 24.3 Å². The molecule has 92 valence electrons. The third kappa shape index (κ3) is 3.22. The summed E-state index contributed by atoms with van der Waals surface area (Å²) >= 11 is 0. The Bertz CT molecular complexity index is 368. The van der Waals surface area contributed by atoms with Gasteiger partial charge in [0.2, 0.25) is 0 Å². The van der Waals surface area contributed by atoms with Crippen molar-refractivity contribution in [1.82, 2.24) is 5.32 Å². The molecule has 1 aromatic carbocycles. The summed E-state index contributed by atoms with van der Waals surface area (Å²) in [5.41, 5.74) is 0.702.